The maximum absolute atomic E-state index is 12.3. The number of nitro benzene ring substituents is 1. The molecule has 0 radical (unpaired) electrons. The van der Waals surface area contributed by atoms with E-state index in [1.54, 1.807) is 19.1 Å². The first-order valence-corrected chi connectivity index (χ1v) is 8.48. The van der Waals surface area contributed by atoms with Crippen molar-refractivity contribution >= 4 is 40.6 Å². The maximum Gasteiger partial charge on any atom is 0.337 e. The molecule has 9 nitrogen and oxygen atoms in total. The predicted molar refractivity (Wildman–Crippen MR) is 106 cm³/mol. The Kier molecular flexibility index (Phi) is 6.99. The Morgan fingerprint density at radius 1 is 1.14 bits per heavy atom. The minimum atomic E-state index is -0.624. The number of hydrogen-bond donors (Lipinski definition) is 2. The molecule has 0 spiro atoms. The summed E-state index contributed by atoms with van der Waals surface area (Å²) in [6, 6.07) is 10.1. The Morgan fingerprint density at radius 2 is 1.79 bits per heavy atom. The lowest BCUT2D eigenvalue weighted by Crippen LogP contribution is -2.34. The third-order valence-corrected chi connectivity index (χ3v) is 3.71. The minimum Gasteiger partial charge on any atom is -0.487 e. The highest BCUT2D eigenvalue weighted by Crippen LogP contribution is 2.28. The molecule has 0 aromatic heterocycles. The van der Waals surface area contributed by atoms with Crippen LogP contribution in [0.4, 0.5) is 11.4 Å². The molecule has 0 bridgehead atoms. The Bertz CT molecular complexity index is 914. The maximum atomic E-state index is 12.3. The molecule has 1 amide bonds. The average molecular weight is 403 g/mol. The molecule has 0 heterocycles. The molecule has 10 heteroatoms. The second-order valence-corrected chi connectivity index (χ2v) is 5.76. The van der Waals surface area contributed by atoms with Gasteiger partial charge in [-0.3, -0.25) is 20.2 Å². The summed E-state index contributed by atoms with van der Waals surface area (Å²) in [6.07, 6.45) is 0. The number of amides is 1. The molecule has 2 aromatic carbocycles. The van der Waals surface area contributed by atoms with Crippen molar-refractivity contribution in [2.45, 2.75) is 6.92 Å². The van der Waals surface area contributed by atoms with E-state index < -0.39 is 16.8 Å². The van der Waals surface area contributed by atoms with Crippen LogP contribution in [0.5, 0.6) is 5.75 Å². The largest absolute Gasteiger partial charge is 0.487 e. The summed E-state index contributed by atoms with van der Waals surface area (Å²) in [5, 5.41) is 16.4. The van der Waals surface area contributed by atoms with Crippen LogP contribution in [0.2, 0.25) is 0 Å². The van der Waals surface area contributed by atoms with E-state index in [9.17, 15) is 19.7 Å². The number of rotatable bonds is 6. The molecular weight excluding hydrogens is 386 g/mol. The van der Waals surface area contributed by atoms with Gasteiger partial charge in [0.05, 0.1) is 24.2 Å². The van der Waals surface area contributed by atoms with Crippen LogP contribution in [-0.4, -0.2) is 35.6 Å². The Morgan fingerprint density at radius 3 is 2.36 bits per heavy atom. The van der Waals surface area contributed by atoms with Gasteiger partial charge in [-0.05, 0) is 55.5 Å². The van der Waals surface area contributed by atoms with Gasteiger partial charge in [-0.25, -0.2) is 4.79 Å². The third-order valence-electron chi connectivity index (χ3n) is 3.51. The van der Waals surface area contributed by atoms with E-state index in [2.05, 4.69) is 15.4 Å². The number of esters is 1. The second kappa shape index (κ2) is 9.42. The fraction of sp³-hybridized carbons (Fsp3) is 0.167. The first-order valence-electron chi connectivity index (χ1n) is 8.07. The molecule has 0 unspecified atom stereocenters. The number of hydrogen-bond acceptors (Lipinski definition) is 7. The summed E-state index contributed by atoms with van der Waals surface area (Å²) in [7, 11) is 1.28. The summed E-state index contributed by atoms with van der Waals surface area (Å²) in [5.41, 5.74) is 0.646. The molecule has 28 heavy (non-hydrogen) atoms. The topological polar surface area (TPSA) is 120 Å². The van der Waals surface area contributed by atoms with E-state index in [4.69, 9.17) is 17.0 Å². The minimum absolute atomic E-state index is 0.00708. The molecule has 2 aromatic rings. The first kappa shape index (κ1) is 20.8. The number of nitro groups is 1. The quantitative estimate of drug-likeness (QED) is 0.327. The second-order valence-electron chi connectivity index (χ2n) is 5.35. The van der Waals surface area contributed by atoms with Crippen LogP contribution in [0.15, 0.2) is 42.5 Å². The van der Waals surface area contributed by atoms with Crippen molar-refractivity contribution in [3.05, 3.63) is 63.7 Å². The van der Waals surface area contributed by atoms with Crippen LogP contribution >= 0.6 is 12.2 Å². The van der Waals surface area contributed by atoms with Crippen LogP contribution in [0.25, 0.3) is 0 Å². The van der Waals surface area contributed by atoms with Gasteiger partial charge in [0, 0.05) is 17.3 Å². The zero-order valence-corrected chi connectivity index (χ0v) is 15.9. The van der Waals surface area contributed by atoms with Crippen molar-refractivity contribution in [2.24, 2.45) is 0 Å². The molecule has 0 aliphatic carbocycles. The summed E-state index contributed by atoms with van der Waals surface area (Å²) >= 11 is 5.08. The van der Waals surface area contributed by atoms with Crippen molar-refractivity contribution in [1.29, 1.82) is 0 Å². The number of ether oxygens (including phenoxy) is 2. The predicted octanol–water partition coefficient (Wildman–Crippen LogP) is 2.91. The van der Waals surface area contributed by atoms with Gasteiger partial charge in [-0.1, -0.05) is 0 Å². The van der Waals surface area contributed by atoms with Gasteiger partial charge >= 0.3 is 11.7 Å². The highest BCUT2D eigenvalue weighted by Gasteiger charge is 2.19. The van der Waals surface area contributed by atoms with E-state index in [1.807, 2.05) is 0 Å². The van der Waals surface area contributed by atoms with Crippen LogP contribution in [-0.2, 0) is 4.74 Å². The summed E-state index contributed by atoms with van der Waals surface area (Å²) < 4.78 is 9.79. The number of anilines is 1. The van der Waals surface area contributed by atoms with Gasteiger partial charge < -0.3 is 14.8 Å². The van der Waals surface area contributed by atoms with Gasteiger partial charge in [0.15, 0.2) is 10.9 Å². The van der Waals surface area contributed by atoms with Gasteiger partial charge in [0.25, 0.3) is 5.91 Å². The van der Waals surface area contributed by atoms with Crippen molar-refractivity contribution in [2.75, 3.05) is 19.0 Å². The Hall–Kier alpha value is -3.53. The molecule has 2 rings (SSSR count). The first-order chi connectivity index (χ1) is 13.3. The summed E-state index contributed by atoms with van der Waals surface area (Å²) in [5.74, 6) is -1.01. The van der Waals surface area contributed by atoms with Crippen molar-refractivity contribution in [3.63, 3.8) is 0 Å². The zero-order chi connectivity index (χ0) is 20.7. The number of methoxy groups -OCH3 is 1. The highest BCUT2D eigenvalue weighted by atomic mass is 32.1. The highest BCUT2D eigenvalue weighted by molar-refractivity contribution is 7.80. The van der Waals surface area contributed by atoms with E-state index in [-0.39, 0.29) is 28.7 Å². The van der Waals surface area contributed by atoms with Gasteiger partial charge in [-0.2, -0.15) is 0 Å². The molecular formula is C18H17N3O6S. The normalized spacial score (nSPS) is 9.93. The smallest absolute Gasteiger partial charge is 0.337 e. The van der Waals surface area contributed by atoms with Crippen molar-refractivity contribution < 1.29 is 24.0 Å². The Labute approximate surface area is 165 Å². The summed E-state index contributed by atoms with van der Waals surface area (Å²) in [6.45, 7) is 1.96. The van der Waals surface area contributed by atoms with Crippen molar-refractivity contribution in [1.82, 2.24) is 5.32 Å². The number of carbonyl (C=O) groups excluding carboxylic acids is 2. The molecule has 0 aliphatic rings. The van der Waals surface area contributed by atoms with E-state index in [0.717, 1.165) is 6.07 Å². The molecule has 0 fully saturated rings. The van der Waals surface area contributed by atoms with E-state index in [1.165, 1.54) is 31.4 Å². The SMILES string of the molecule is CCOc1ccc(C(=O)NC(=S)Nc2ccc(C(=O)OC)cc2)cc1[N+](=O)[O-]. The molecule has 0 atom stereocenters. The monoisotopic (exact) mass is 403 g/mol. The number of benzene rings is 2. The Balaban J connectivity index is 2.06. The van der Waals surface area contributed by atoms with E-state index in [0.29, 0.717) is 11.3 Å². The van der Waals surface area contributed by atoms with Crippen LogP contribution in [0.3, 0.4) is 0 Å². The molecule has 0 saturated carbocycles. The third kappa shape index (κ3) is 5.24. The zero-order valence-electron chi connectivity index (χ0n) is 15.1. The summed E-state index contributed by atoms with van der Waals surface area (Å²) in [4.78, 5) is 34.2. The average Bonchev–Trinajstić information content (AvgIpc) is 2.68. The van der Waals surface area contributed by atoms with Crippen LogP contribution in [0.1, 0.15) is 27.6 Å². The number of nitrogens with one attached hydrogen (secondary N) is 2. The van der Waals surface area contributed by atoms with Crippen LogP contribution in [0, 0.1) is 10.1 Å². The lowest BCUT2D eigenvalue weighted by Gasteiger charge is -2.11. The fourth-order valence-corrected chi connectivity index (χ4v) is 2.43. The van der Waals surface area contributed by atoms with Gasteiger partial charge in [-0.15, -0.1) is 0 Å². The molecule has 0 aliphatic heterocycles. The van der Waals surface area contributed by atoms with Gasteiger partial charge in [0.1, 0.15) is 0 Å². The standard InChI is InChI=1S/C18H17N3O6S/c1-3-27-15-9-6-12(10-14(15)21(24)25)16(22)20-18(28)19-13-7-4-11(5-8-13)17(23)26-2/h4-10H,3H2,1-2H3,(H2,19,20,22,28). The molecule has 0 saturated heterocycles. The lowest BCUT2D eigenvalue weighted by atomic mass is 10.1. The molecule has 146 valence electrons. The van der Waals surface area contributed by atoms with Gasteiger partial charge in [0.2, 0.25) is 0 Å². The van der Waals surface area contributed by atoms with E-state index >= 15 is 0 Å². The van der Waals surface area contributed by atoms with Crippen LogP contribution < -0.4 is 15.4 Å². The molecule has 2 N–H and O–H groups in total. The lowest BCUT2D eigenvalue weighted by molar-refractivity contribution is -0.385. The number of carbonyl (C=O) groups is 2. The van der Waals surface area contributed by atoms with Crippen molar-refractivity contribution in [3.8, 4) is 5.75 Å². The fourth-order valence-electron chi connectivity index (χ4n) is 2.22. The number of nitrogens with zero attached hydrogens (tertiary/aromatic N) is 1. The number of thiocarbonyl (C=S) groups is 1.